The number of carbonyl (C=O) groups excluding carboxylic acids is 2. The number of amides is 2. The molecule has 156 valence electrons. The van der Waals surface area contributed by atoms with E-state index in [0.717, 1.165) is 24.0 Å². The van der Waals surface area contributed by atoms with Crippen LogP contribution in [0, 0.1) is 5.82 Å². The van der Waals surface area contributed by atoms with Gasteiger partial charge in [-0.2, -0.15) is 0 Å². The van der Waals surface area contributed by atoms with Crippen LogP contribution in [0.3, 0.4) is 0 Å². The molecule has 0 saturated carbocycles. The second-order valence-electron chi connectivity index (χ2n) is 6.95. The van der Waals surface area contributed by atoms with Crippen molar-refractivity contribution in [1.82, 2.24) is 10.2 Å². The topological polar surface area (TPSA) is 49.4 Å². The van der Waals surface area contributed by atoms with Gasteiger partial charge in [-0.3, -0.25) is 9.59 Å². The SMILES string of the molecule is CCCCNC(=O)C(C)N(Cc1ccccc1)C(=O)CSCc1ccc(F)cc1. The van der Waals surface area contributed by atoms with Gasteiger partial charge in [0.1, 0.15) is 11.9 Å². The lowest BCUT2D eigenvalue weighted by atomic mass is 10.1. The Morgan fingerprint density at radius 3 is 2.41 bits per heavy atom. The molecule has 0 bridgehead atoms. The maximum absolute atomic E-state index is 13.0. The van der Waals surface area contributed by atoms with Crippen molar-refractivity contribution in [2.24, 2.45) is 0 Å². The predicted octanol–water partition coefficient (Wildman–Crippen LogP) is 4.39. The predicted molar refractivity (Wildman–Crippen MR) is 117 cm³/mol. The third-order valence-corrected chi connectivity index (χ3v) is 5.59. The first-order chi connectivity index (χ1) is 14.0. The molecule has 2 rings (SSSR count). The summed E-state index contributed by atoms with van der Waals surface area (Å²) in [5.74, 6) is 0.385. The van der Waals surface area contributed by atoms with Crippen molar-refractivity contribution in [3.63, 3.8) is 0 Å². The fourth-order valence-electron chi connectivity index (χ4n) is 2.82. The minimum atomic E-state index is -0.550. The van der Waals surface area contributed by atoms with Crippen molar-refractivity contribution in [2.75, 3.05) is 12.3 Å². The zero-order valence-corrected chi connectivity index (χ0v) is 17.9. The summed E-state index contributed by atoms with van der Waals surface area (Å²) in [6, 6.07) is 15.4. The Bertz CT molecular complexity index is 768. The quantitative estimate of drug-likeness (QED) is 0.553. The van der Waals surface area contributed by atoms with Gasteiger partial charge in [0.05, 0.1) is 5.75 Å². The number of hydrogen-bond acceptors (Lipinski definition) is 3. The van der Waals surface area contributed by atoms with E-state index in [1.165, 1.54) is 23.9 Å². The number of hydrogen-bond donors (Lipinski definition) is 1. The molecule has 0 spiro atoms. The van der Waals surface area contributed by atoms with Crippen LogP contribution in [0.1, 0.15) is 37.8 Å². The average Bonchev–Trinajstić information content (AvgIpc) is 2.73. The van der Waals surface area contributed by atoms with Gasteiger partial charge in [0, 0.05) is 18.8 Å². The van der Waals surface area contributed by atoms with Crippen LogP contribution in [0.5, 0.6) is 0 Å². The van der Waals surface area contributed by atoms with E-state index in [4.69, 9.17) is 0 Å². The van der Waals surface area contributed by atoms with Crippen LogP contribution in [0.15, 0.2) is 54.6 Å². The van der Waals surface area contributed by atoms with Gasteiger partial charge in [-0.15, -0.1) is 11.8 Å². The molecule has 0 heterocycles. The zero-order chi connectivity index (χ0) is 21.1. The number of carbonyl (C=O) groups is 2. The van der Waals surface area contributed by atoms with Gasteiger partial charge < -0.3 is 10.2 Å². The molecule has 0 aliphatic heterocycles. The van der Waals surface area contributed by atoms with Crippen molar-refractivity contribution >= 4 is 23.6 Å². The summed E-state index contributed by atoms with van der Waals surface area (Å²) in [7, 11) is 0. The molecule has 0 aliphatic carbocycles. The van der Waals surface area contributed by atoms with Crippen LogP contribution in [-0.4, -0.2) is 35.1 Å². The average molecular weight is 417 g/mol. The van der Waals surface area contributed by atoms with Crippen LogP contribution in [-0.2, 0) is 21.9 Å². The second-order valence-corrected chi connectivity index (χ2v) is 7.93. The van der Waals surface area contributed by atoms with Crippen molar-refractivity contribution in [3.05, 3.63) is 71.5 Å². The Morgan fingerprint density at radius 1 is 1.07 bits per heavy atom. The Labute approximate surface area is 176 Å². The number of unbranched alkanes of at least 4 members (excludes halogenated alkanes) is 1. The van der Waals surface area contributed by atoms with E-state index in [9.17, 15) is 14.0 Å². The first-order valence-electron chi connectivity index (χ1n) is 9.94. The minimum absolute atomic E-state index is 0.0842. The number of nitrogens with zero attached hydrogens (tertiary/aromatic N) is 1. The third kappa shape index (κ3) is 7.89. The molecule has 0 fully saturated rings. The van der Waals surface area contributed by atoms with Crippen LogP contribution in [0.25, 0.3) is 0 Å². The fraction of sp³-hybridized carbons (Fsp3) is 0.391. The summed E-state index contributed by atoms with van der Waals surface area (Å²) in [6.45, 7) is 4.84. The van der Waals surface area contributed by atoms with E-state index < -0.39 is 6.04 Å². The van der Waals surface area contributed by atoms with Crippen molar-refractivity contribution in [1.29, 1.82) is 0 Å². The summed E-state index contributed by atoms with van der Waals surface area (Å²) in [5.41, 5.74) is 1.95. The largest absolute Gasteiger partial charge is 0.354 e. The first-order valence-corrected chi connectivity index (χ1v) is 11.1. The molecule has 0 radical (unpaired) electrons. The second kappa shape index (κ2) is 12.3. The number of nitrogens with one attached hydrogen (secondary N) is 1. The molecule has 1 N–H and O–H groups in total. The lowest BCUT2D eigenvalue weighted by Crippen LogP contribution is -2.48. The Balaban J connectivity index is 1.99. The number of halogens is 1. The van der Waals surface area contributed by atoms with Crippen molar-refractivity contribution in [2.45, 2.75) is 45.0 Å². The molecule has 2 aromatic carbocycles. The van der Waals surface area contributed by atoms with E-state index >= 15 is 0 Å². The summed E-state index contributed by atoms with van der Waals surface area (Å²) in [6.07, 6.45) is 1.92. The van der Waals surface area contributed by atoms with E-state index in [0.29, 0.717) is 18.8 Å². The van der Waals surface area contributed by atoms with Gasteiger partial charge in [0.25, 0.3) is 0 Å². The van der Waals surface area contributed by atoms with Gasteiger partial charge in [0.2, 0.25) is 11.8 Å². The van der Waals surface area contributed by atoms with Gasteiger partial charge in [-0.25, -0.2) is 4.39 Å². The van der Waals surface area contributed by atoms with Crippen LogP contribution in [0.2, 0.25) is 0 Å². The molecule has 0 aliphatic rings. The van der Waals surface area contributed by atoms with E-state index in [-0.39, 0.29) is 23.4 Å². The molecular weight excluding hydrogens is 387 g/mol. The van der Waals surface area contributed by atoms with Gasteiger partial charge in [-0.1, -0.05) is 55.8 Å². The van der Waals surface area contributed by atoms with Gasteiger partial charge >= 0.3 is 0 Å². The summed E-state index contributed by atoms with van der Waals surface area (Å²) in [5, 5.41) is 2.92. The van der Waals surface area contributed by atoms with Crippen LogP contribution in [0.4, 0.5) is 4.39 Å². The number of benzene rings is 2. The highest BCUT2D eigenvalue weighted by molar-refractivity contribution is 7.99. The summed E-state index contributed by atoms with van der Waals surface area (Å²) >= 11 is 1.46. The smallest absolute Gasteiger partial charge is 0.242 e. The lowest BCUT2D eigenvalue weighted by Gasteiger charge is -2.28. The maximum Gasteiger partial charge on any atom is 0.242 e. The molecule has 1 unspecified atom stereocenters. The monoisotopic (exact) mass is 416 g/mol. The minimum Gasteiger partial charge on any atom is -0.354 e. The highest BCUT2D eigenvalue weighted by Gasteiger charge is 2.25. The molecule has 1 atom stereocenters. The molecule has 2 amide bonds. The zero-order valence-electron chi connectivity index (χ0n) is 17.1. The number of thioether (sulfide) groups is 1. The van der Waals surface area contributed by atoms with Crippen molar-refractivity contribution in [3.8, 4) is 0 Å². The van der Waals surface area contributed by atoms with Crippen LogP contribution >= 0.6 is 11.8 Å². The standard InChI is InChI=1S/C23H29FN2O2S/c1-3-4-14-25-23(28)18(2)26(15-19-8-6-5-7-9-19)22(27)17-29-16-20-10-12-21(24)13-11-20/h5-13,18H,3-4,14-17H2,1-2H3,(H,25,28). The van der Waals surface area contributed by atoms with E-state index in [1.807, 2.05) is 30.3 Å². The Kier molecular flexibility index (Phi) is 9.71. The first kappa shape index (κ1) is 22.9. The van der Waals surface area contributed by atoms with Gasteiger partial charge in [0.15, 0.2) is 0 Å². The normalized spacial score (nSPS) is 11.7. The lowest BCUT2D eigenvalue weighted by molar-refractivity contribution is -0.138. The van der Waals surface area contributed by atoms with Crippen LogP contribution < -0.4 is 5.32 Å². The molecule has 6 heteroatoms. The van der Waals surface area contributed by atoms with Gasteiger partial charge in [-0.05, 0) is 36.6 Å². The number of rotatable bonds is 11. The fourth-order valence-corrected chi connectivity index (χ4v) is 3.69. The molecule has 0 saturated heterocycles. The molecular formula is C23H29FN2O2S. The maximum atomic E-state index is 13.0. The third-order valence-electron chi connectivity index (χ3n) is 4.60. The molecule has 2 aromatic rings. The highest BCUT2D eigenvalue weighted by Crippen LogP contribution is 2.16. The molecule has 0 aromatic heterocycles. The molecule has 29 heavy (non-hydrogen) atoms. The van der Waals surface area contributed by atoms with Crippen molar-refractivity contribution < 1.29 is 14.0 Å². The van der Waals surface area contributed by atoms with E-state index in [1.54, 1.807) is 24.0 Å². The Morgan fingerprint density at radius 2 is 1.76 bits per heavy atom. The summed E-state index contributed by atoms with van der Waals surface area (Å²) < 4.78 is 13.0. The highest BCUT2D eigenvalue weighted by atomic mass is 32.2. The molecule has 4 nitrogen and oxygen atoms in total. The Hall–Kier alpha value is -2.34. The summed E-state index contributed by atoms with van der Waals surface area (Å²) in [4.78, 5) is 27.1. The van der Waals surface area contributed by atoms with E-state index in [2.05, 4.69) is 12.2 Å².